The number of rotatable bonds is 6. The topological polar surface area (TPSA) is 41.6 Å². The minimum absolute atomic E-state index is 0. The van der Waals surface area contributed by atoms with E-state index in [4.69, 9.17) is 4.74 Å². The van der Waals surface area contributed by atoms with Crippen LogP contribution in [0.25, 0.3) is 0 Å². The maximum absolute atomic E-state index is 13.4. The lowest BCUT2D eigenvalue weighted by Gasteiger charge is -2.30. The van der Waals surface area contributed by atoms with Crippen LogP contribution in [0.1, 0.15) is 32.1 Å². The fourth-order valence-electron chi connectivity index (χ4n) is 3.72. The number of hydrogen-bond donors (Lipinski definition) is 1. The summed E-state index contributed by atoms with van der Waals surface area (Å²) in [6, 6.07) is 7.56. The van der Waals surface area contributed by atoms with Crippen molar-refractivity contribution in [2.24, 2.45) is 5.92 Å². The van der Waals surface area contributed by atoms with E-state index in [9.17, 15) is 9.18 Å². The third-order valence-electron chi connectivity index (χ3n) is 4.98. The van der Waals surface area contributed by atoms with Crippen molar-refractivity contribution in [2.45, 2.75) is 44.2 Å². The Labute approximate surface area is 149 Å². The van der Waals surface area contributed by atoms with Crippen LogP contribution >= 0.6 is 12.4 Å². The molecule has 2 aliphatic heterocycles. The number of nitrogens with zero attached hydrogens (tertiary/aromatic N) is 1. The van der Waals surface area contributed by atoms with Crippen molar-refractivity contribution >= 4 is 18.3 Å². The molecule has 3 rings (SSSR count). The lowest BCUT2D eigenvalue weighted by molar-refractivity contribution is -0.131. The first kappa shape index (κ1) is 19.0. The van der Waals surface area contributed by atoms with Crippen LogP contribution in [-0.2, 0) is 4.79 Å². The predicted octanol–water partition coefficient (Wildman–Crippen LogP) is 3.01. The van der Waals surface area contributed by atoms with E-state index in [1.54, 1.807) is 30.1 Å². The second kappa shape index (κ2) is 8.67. The molecule has 0 radical (unpaired) electrons. The van der Waals surface area contributed by atoms with Crippen molar-refractivity contribution in [3.8, 4) is 5.75 Å². The Morgan fingerprint density at radius 2 is 1.96 bits per heavy atom. The molecule has 2 atom stereocenters. The number of fused-ring (bicyclic) bond motifs is 2. The molecule has 2 heterocycles. The molecule has 2 fully saturated rings. The molecule has 6 heteroatoms. The van der Waals surface area contributed by atoms with E-state index in [2.05, 4.69) is 5.32 Å². The molecule has 0 aliphatic carbocycles. The molecule has 2 aliphatic rings. The molecule has 2 bridgehead atoms. The number of hydrogen-bond acceptors (Lipinski definition) is 3. The highest BCUT2D eigenvalue weighted by Crippen LogP contribution is 2.32. The lowest BCUT2D eigenvalue weighted by atomic mass is 9.89. The van der Waals surface area contributed by atoms with E-state index < -0.39 is 0 Å². The minimum atomic E-state index is -0.369. The highest BCUT2D eigenvalue weighted by atomic mass is 35.5. The number of halogens is 2. The zero-order valence-electron chi connectivity index (χ0n) is 14.0. The van der Waals surface area contributed by atoms with Crippen molar-refractivity contribution in [3.05, 3.63) is 30.1 Å². The van der Waals surface area contributed by atoms with Crippen molar-refractivity contribution in [2.75, 3.05) is 20.2 Å². The van der Waals surface area contributed by atoms with Crippen LogP contribution in [0.2, 0.25) is 0 Å². The van der Waals surface area contributed by atoms with Gasteiger partial charge in [-0.1, -0.05) is 12.1 Å². The van der Waals surface area contributed by atoms with Gasteiger partial charge >= 0.3 is 0 Å². The smallest absolute Gasteiger partial charge is 0.222 e. The maximum Gasteiger partial charge on any atom is 0.222 e. The molecule has 0 saturated carbocycles. The van der Waals surface area contributed by atoms with Crippen molar-refractivity contribution in [1.29, 1.82) is 0 Å². The summed E-state index contributed by atoms with van der Waals surface area (Å²) >= 11 is 0. The molecule has 4 nitrogen and oxygen atoms in total. The van der Waals surface area contributed by atoms with Gasteiger partial charge in [0.1, 0.15) is 6.61 Å². The van der Waals surface area contributed by atoms with Gasteiger partial charge in [-0.15, -0.1) is 12.4 Å². The van der Waals surface area contributed by atoms with Gasteiger partial charge in [0, 0.05) is 25.6 Å². The summed E-state index contributed by atoms with van der Waals surface area (Å²) in [7, 11) is 1.79. The molecule has 2 unspecified atom stereocenters. The van der Waals surface area contributed by atoms with Crippen LogP contribution in [0.3, 0.4) is 0 Å². The van der Waals surface area contributed by atoms with Gasteiger partial charge in [0.25, 0.3) is 0 Å². The number of nitrogens with one attached hydrogen (secondary N) is 1. The van der Waals surface area contributed by atoms with Crippen LogP contribution in [0, 0.1) is 11.7 Å². The van der Waals surface area contributed by atoms with Gasteiger partial charge in [-0.25, -0.2) is 4.39 Å². The van der Waals surface area contributed by atoms with Gasteiger partial charge in [0.05, 0.1) is 6.54 Å². The van der Waals surface area contributed by atoms with E-state index in [0.717, 1.165) is 12.8 Å². The Balaban J connectivity index is 0.00000208. The number of amides is 1. The number of benzene rings is 1. The second-order valence-electron chi connectivity index (χ2n) is 6.77. The summed E-state index contributed by atoms with van der Waals surface area (Å²) in [5, 5.41) is 3.60. The van der Waals surface area contributed by atoms with Gasteiger partial charge in [0.15, 0.2) is 11.6 Å². The third kappa shape index (κ3) is 4.84. The van der Waals surface area contributed by atoms with Crippen LogP contribution < -0.4 is 10.1 Å². The van der Waals surface area contributed by atoms with Crippen molar-refractivity contribution in [3.63, 3.8) is 0 Å². The zero-order valence-corrected chi connectivity index (χ0v) is 14.9. The molecule has 1 N–H and O–H groups in total. The Kier molecular flexibility index (Phi) is 6.87. The maximum atomic E-state index is 13.4. The Bertz CT molecular complexity index is 546. The predicted molar refractivity (Wildman–Crippen MR) is 94.1 cm³/mol. The molecule has 1 aromatic rings. The highest BCUT2D eigenvalue weighted by Gasteiger charge is 2.34. The van der Waals surface area contributed by atoms with E-state index >= 15 is 0 Å². The summed E-state index contributed by atoms with van der Waals surface area (Å²) in [6.07, 6.45) is 5.35. The monoisotopic (exact) mass is 356 g/mol. The zero-order chi connectivity index (χ0) is 16.2. The minimum Gasteiger partial charge on any atom is -0.489 e. The van der Waals surface area contributed by atoms with Crippen LogP contribution in [0.5, 0.6) is 5.75 Å². The average molecular weight is 357 g/mol. The summed E-state index contributed by atoms with van der Waals surface area (Å²) in [5.74, 6) is 0.527. The number of piperidine rings is 1. The molecule has 134 valence electrons. The largest absolute Gasteiger partial charge is 0.489 e. The van der Waals surface area contributed by atoms with Crippen LogP contribution in [0.4, 0.5) is 4.39 Å². The Hall–Kier alpha value is -1.33. The number of likely N-dealkylation sites (N-methyl/N-ethyl adjacent to an activating group) is 1. The molecule has 2 saturated heterocycles. The molecular weight excluding hydrogens is 331 g/mol. The van der Waals surface area contributed by atoms with Gasteiger partial charge in [-0.3, -0.25) is 4.79 Å². The van der Waals surface area contributed by atoms with Gasteiger partial charge in [-0.05, 0) is 43.7 Å². The first-order valence-electron chi connectivity index (χ1n) is 8.49. The second-order valence-corrected chi connectivity index (χ2v) is 6.77. The summed E-state index contributed by atoms with van der Waals surface area (Å²) in [4.78, 5) is 14.0. The third-order valence-corrected chi connectivity index (χ3v) is 4.98. The number of ether oxygens (including phenoxy) is 1. The van der Waals surface area contributed by atoms with E-state index in [1.807, 2.05) is 0 Å². The van der Waals surface area contributed by atoms with Crippen LogP contribution in [0.15, 0.2) is 24.3 Å². The normalized spacial score (nSPS) is 25.0. The van der Waals surface area contributed by atoms with E-state index in [1.165, 1.54) is 18.9 Å². The SMILES string of the molecule is CN(CCOc1ccccc1F)C(=O)CC1CC2CCC(C1)N2.Cl. The van der Waals surface area contributed by atoms with E-state index in [-0.39, 0.29) is 29.9 Å². The van der Waals surface area contributed by atoms with Crippen molar-refractivity contribution in [1.82, 2.24) is 10.2 Å². The molecule has 0 spiro atoms. The van der Waals surface area contributed by atoms with Gasteiger partial charge in [-0.2, -0.15) is 0 Å². The number of carbonyl (C=O) groups is 1. The van der Waals surface area contributed by atoms with Crippen LogP contribution in [-0.4, -0.2) is 43.1 Å². The van der Waals surface area contributed by atoms with E-state index in [0.29, 0.717) is 37.6 Å². The Morgan fingerprint density at radius 1 is 1.29 bits per heavy atom. The van der Waals surface area contributed by atoms with Gasteiger partial charge < -0.3 is 15.0 Å². The number of para-hydroxylation sites is 1. The molecule has 24 heavy (non-hydrogen) atoms. The molecule has 0 aromatic heterocycles. The van der Waals surface area contributed by atoms with Crippen molar-refractivity contribution < 1.29 is 13.9 Å². The quantitative estimate of drug-likeness (QED) is 0.852. The first-order valence-corrected chi connectivity index (χ1v) is 8.49. The first-order chi connectivity index (χ1) is 11.1. The fraction of sp³-hybridized carbons (Fsp3) is 0.611. The lowest BCUT2D eigenvalue weighted by Crippen LogP contribution is -2.40. The highest BCUT2D eigenvalue weighted by molar-refractivity contribution is 5.85. The summed E-state index contributed by atoms with van der Waals surface area (Å²) in [5.41, 5.74) is 0. The standard InChI is InChI=1S/C18H25FN2O2.ClH/c1-21(8-9-23-17-5-3-2-4-16(17)19)18(22)12-13-10-14-6-7-15(11-13)20-14;/h2-5,13-15,20H,6-12H2,1H3;1H. The summed E-state index contributed by atoms with van der Waals surface area (Å²) in [6.45, 7) is 0.783. The fourth-order valence-corrected chi connectivity index (χ4v) is 3.72. The number of carbonyl (C=O) groups excluding carboxylic acids is 1. The summed E-state index contributed by atoms with van der Waals surface area (Å²) < 4.78 is 18.9. The average Bonchev–Trinajstić information content (AvgIpc) is 2.87. The Morgan fingerprint density at radius 3 is 2.62 bits per heavy atom. The molecule has 1 aromatic carbocycles. The molecule has 1 amide bonds. The van der Waals surface area contributed by atoms with Gasteiger partial charge in [0.2, 0.25) is 5.91 Å². The molecular formula is C18H26ClFN2O2.